The number of rotatable bonds is 2. The molecule has 1 aliphatic rings. The van der Waals surface area contributed by atoms with E-state index in [0.29, 0.717) is 43.5 Å². The van der Waals surface area contributed by atoms with Crippen molar-refractivity contribution in [2.45, 2.75) is 18.3 Å². The summed E-state index contributed by atoms with van der Waals surface area (Å²) in [7, 11) is 0. The average Bonchev–Trinajstić information content (AvgIpc) is 2.99. The van der Waals surface area contributed by atoms with Crippen molar-refractivity contribution in [2.75, 3.05) is 13.2 Å². The summed E-state index contributed by atoms with van der Waals surface area (Å²) >= 11 is 0. The van der Waals surface area contributed by atoms with E-state index in [4.69, 9.17) is 9.26 Å². The van der Waals surface area contributed by atoms with E-state index in [2.05, 4.69) is 21.2 Å². The van der Waals surface area contributed by atoms with Gasteiger partial charge in [-0.05, 0) is 25.0 Å². The SMILES string of the molecule is N#CC1(c2nc(-c3ccccn3)no2)CCOCC1. The number of pyridine rings is 1. The fourth-order valence-corrected chi connectivity index (χ4v) is 2.11. The fourth-order valence-electron chi connectivity index (χ4n) is 2.11. The van der Waals surface area contributed by atoms with Crippen LogP contribution in [0.25, 0.3) is 11.5 Å². The van der Waals surface area contributed by atoms with Crippen LogP contribution < -0.4 is 0 Å². The third kappa shape index (κ3) is 2.09. The number of nitrogens with zero attached hydrogens (tertiary/aromatic N) is 4. The molecule has 1 saturated heterocycles. The van der Waals surface area contributed by atoms with Crippen LogP contribution in [0.3, 0.4) is 0 Å². The molecule has 2 aromatic rings. The Morgan fingerprint density at radius 2 is 2.11 bits per heavy atom. The Hall–Kier alpha value is -2.26. The molecule has 0 spiro atoms. The molecule has 6 nitrogen and oxygen atoms in total. The zero-order chi connectivity index (χ0) is 13.1. The minimum absolute atomic E-state index is 0.360. The predicted octanol–water partition coefficient (Wildman–Crippen LogP) is 1.70. The number of hydrogen-bond acceptors (Lipinski definition) is 6. The van der Waals surface area contributed by atoms with Gasteiger partial charge in [0.1, 0.15) is 11.1 Å². The second-order valence-electron chi connectivity index (χ2n) is 4.44. The smallest absolute Gasteiger partial charge is 0.247 e. The minimum atomic E-state index is -0.724. The largest absolute Gasteiger partial charge is 0.381 e. The quantitative estimate of drug-likeness (QED) is 0.813. The average molecular weight is 256 g/mol. The van der Waals surface area contributed by atoms with E-state index in [1.54, 1.807) is 12.3 Å². The van der Waals surface area contributed by atoms with Gasteiger partial charge in [-0.3, -0.25) is 4.98 Å². The Kier molecular flexibility index (Phi) is 2.97. The highest BCUT2D eigenvalue weighted by atomic mass is 16.5. The van der Waals surface area contributed by atoms with E-state index in [-0.39, 0.29) is 0 Å². The van der Waals surface area contributed by atoms with Crippen molar-refractivity contribution in [1.29, 1.82) is 5.26 Å². The molecule has 0 unspecified atom stereocenters. The molecule has 0 radical (unpaired) electrons. The maximum atomic E-state index is 9.43. The van der Waals surface area contributed by atoms with Crippen LogP contribution >= 0.6 is 0 Å². The summed E-state index contributed by atoms with van der Waals surface area (Å²) in [5.74, 6) is 0.774. The van der Waals surface area contributed by atoms with Gasteiger partial charge < -0.3 is 9.26 Å². The monoisotopic (exact) mass is 256 g/mol. The summed E-state index contributed by atoms with van der Waals surface area (Å²) in [4.78, 5) is 8.49. The number of ether oxygens (including phenoxy) is 1. The zero-order valence-corrected chi connectivity index (χ0v) is 10.2. The van der Waals surface area contributed by atoms with E-state index >= 15 is 0 Å². The lowest BCUT2D eigenvalue weighted by atomic mass is 9.82. The van der Waals surface area contributed by atoms with Crippen molar-refractivity contribution < 1.29 is 9.26 Å². The number of nitriles is 1. The Balaban J connectivity index is 1.95. The molecule has 0 amide bonds. The number of hydrogen-bond donors (Lipinski definition) is 0. The van der Waals surface area contributed by atoms with E-state index in [1.807, 2.05) is 12.1 Å². The van der Waals surface area contributed by atoms with Crippen LogP contribution in [0, 0.1) is 11.3 Å². The summed E-state index contributed by atoms with van der Waals surface area (Å²) in [5.41, 5.74) is -0.0872. The maximum absolute atomic E-state index is 9.43. The van der Waals surface area contributed by atoms with Crippen molar-refractivity contribution in [3.05, 3.63) is 30.3 Å². The second kappa shape index (κ2) is 4.78. The predicted molar refractivity (Wildman–Crippen MR) is 64.9 cm³/mol. The molecule has 1 fully saturated rings. The molecule has 6 heteroatoms. The van der Waals surface area contributed by atoms with Crippen molar-refractivity contribution in [3.8, 4) is 17.6 Å². The lowest BCUT2D eigenvalue weighted by molar-refractivity contribution is 0.0574. The molecule has 0 aliphatic carbocycles. The number of aromatic nitrogens is 3. The molecule has 1 aliphatic heterocycles. The van der Waals surface area contributed by atoms with Gasteiger partial charge in [0.2, 0.25) is 11.7 Å². The molecule has 0 bridgehead atoms. The van der Waals surface area contributed by atoms with Crippen LogP contribution in [-0.4, -0.2) is 28.3 Å². The van der Waals surface area contributed by atoms with Gasteiger partial charge >= 0.3 is 0 Å². The maximum Gasteiger partial charge on any atom is 0.247 e. The van der Waals surface area contributed by atoms with Gasteiger partial charge in [0.25, 0.3) is 0 Å². The highest BCUT2D eigenvalue weighted by Gasteiger charge is 2.40. The first-order valence-corrected chi connectivity index (χ1v) is 6.09. The van der Waals surface area contributed by atoms with Crippen molar-refractivity contribution >= 4 is 0 Å². The zero-order valence-electron chi connectivity index (χ0n) is 10.2. The summed E-state index contributed by atoms with van der Waals surface area (Å²) in [6.45, 7) is 1.07. The molecule has 0 N–H and O–H groups in total. The first-order valence-electron chi connectivity index (χ1n) is 6.09. The van der Waals surface area contributed by atoms with Crippen LogP contribution in [0.1, 0.15) is 18.7 Å². The van der Waals surface area contributed by atoms with Crippen LogP contribution in [-0.2, 0) is 10.2 Å². The van der Waals surface area contributed by atoms with Gasteiger partial charge in [-0.1, -0.05) is 11.2 Å². The third-order valence-electron chi connectivity index (χ3n) is 3.29. The summed E-state index contributed by atoms with van der Waals surface area (Å²) in [5, 5.41) is 13.3. The molecular weight excluding hydrogens is 244 g/mol. The standard InChI is InChI=1S/C13H12N4O2/c14-9-13(4-7-18-8-5-13)12-16-11(17-19-12)10-3-1-2-6-15-10/h1-3,6H,4-5,7-8H2. The Morgan fingerprint density at radius 1 is 1.26 bits per heavy atom. The second-order valence-corrected chi connectivity index (χ2v) is 4.44. The van der Waals surface area contributed by atoms with Gasteiger partial charge in [-0.15, -0.1) is 0 Å². The van der Waals surface area contributed by atoms with Crippen molar-refractivity contribution in [2.24, 2.45) is 0 Å². The molecule has 96 valence electrons. The normalized spacial score (nSPS) is 17.8. The molecular formula is C13H12N4O2. The van der Waals surface area contributed by atoms with Gasteiger partial charge in [0, 0.05) is 19.4 Å². The molecule has 0 atom stereocenters. The summed E-state index contributed by atoms with van der Waals surface area (Å²) < 4.78 is 10.6. The van der Waals surface area contributed by atoms with Crippen LogP contribution in [0.5, 0.6) is 0 Å². The van der Waals surface area contributed by atoms with Crippen LogP contribution in [0.4, 0.5) is 0 Å². The van der Waals surface area contributed by atoms with Crippen molar-refractivity contribution in [3.63, 3.8) is 0 Å². The van der Waals surface area contributed by atoms with E-state index in [0.717, 1.165) is 0 Å². The van der Waals surface area contributed by atoms with E-state index < -0.39 is 5.41 Å². The lowest BCUT2D eigenvalue weighted by Crippen LogP contribution is -2.32. The topological polar surface area (TPSA) is 84.8 Å². The molecule has 3 rings (SSSR count). The fraction of sp³-hybridized carbons (Fsp3) is 0.385. The van der Waals surface area contributed by atoms with E-state index in [9.17, 15) is 5.26 Å². The van der Waals surface area contributed by atoms with Gasteiger partial charge in [-0.25, -0.2) is 0 Å². The minimum Gasteiger partial charge on any atom is -0.381 e. The highest BCUT2D eigenvalue weighted by molar-refractivity contribution is 5.47. The van der Waals surface area contributed by atoms with Gasteiger partial charge in [-0.2, -0.15) is 10.2 Å². The van der Waals surface area contributed by atoms with Crippen molar-refractivity contribution in [1.82, 2.24) is 15.1 Å². The summed E-state index contributed by atoms with van der Waals surface area (Å²) in [6.07, 6.45) is 2.82. The molecule has 3 heterocycles. The Morgan fingerprint density at radius 3 is 2.79 bits per heavy atom. The highest BCUT2D eigenvalue weighted by Crippen LogP contribution is 2.33. The Bertz CT molecular complexity index is 597. The lowest BCUT2D eigenvalue weighted by Gasteiger charge is -2.26. The molecule has 2 aromatic heterocycles. The van der Waals surface area contributed by atoms with Gasteiger partial charge in [0.05, 0.1) is 6.07 Å². The van der Waals surface area contributed by atoms with Gasteiger partial charge in [0.15, 0.2) is 0 Å². The van der Waals surface area contributed by atoms with Crippen LogP contribution in [0.2, 0.25) is 0 Å². The molecule has 0 saturated carbocycles. The van der Waals surface area contributed by atoms with Crippen LogP contribution in [0.15, 0.2) is 28.9 Å². The molecule has 0 aromatic carbocycles. The third-order valence-corrected chi connectivity index (χ3v) is 3.29. The first-order chi connectivity index (χ1) is 9.34. The Labute approximate surface area is 110 Å². The summed E-state index contributed by atoms with van der Waals surface area (Å²) in [6, 6.07) is 7.78. The first kappa shape index (κ1) is 11.8. The molecule has 19 heavy (non-hydrogen) atoms. The van der Waals surface area contributed by atoms with E-state index in [1.165, 1.54) is 0 Å².